The second-order valence-electron chi connectivity index (χ2n) is 8.20. The third kappa shape index (κ3) is 3.53. The third-order valence-electron chi connectivity index (χ3n) is 7.02. The lowest BCUT2D eigenvalue weighted by Gasteiger charge is -2.32. The van der Waals surface area contributed by atoms with E-state index in [0.29, 0.717) is 16.6 Å². The molecule has 4 heteroatoms. The van der Waals surface area contributed by atoms with Crippen LogP contribution in [0, 0.1) is 29.6 Å². The van der Waals surface area contributed by atoms with Gasteiger partial charge in [0.15, 0.2) is 0 Å². The van der Waals surface area contributed by atoms with Gasteiger partial charge in [0.05, 0.1) is 10.7 Å². The van der Waals surface area contributed by atoms with Gasteiger partial charge in [0.1, 0.15) is 0 Å². The normalized spacial score (nSPS) is 34.0. The van der Waals surface area contributed by atoms with Gasteiger partial charge in [-0.05, 0) is 67.4 Å². The highest BCUT2D eigenvalue weighted by Gasteiger charge is 2.50. The van der Waals surface area contributed by atoms with E-state index in [4.69, 9.17) is 11.6 Å². The third-order valence-corrected chi connectivity index (χ3v) is 7.35. The van der Waals surface area contributed by atoms with Crippen LogP contribution in [0.15, 0.2) is 24.3 Å². The van der Waals surface area contributed by atoms with Gasteiger partial charge in [-0.2, -0.15) is 0 Å². The van der Waals surface area contributed by atoms with Crippen LogP contribution in [0.3, 0.4) is 0 Å². The zero-order valence-electron chi connectivity index (χ0n) is 14.8. The predicted octanol–water partition coefficient (Wildman–Crippen LogP) is 5.70. The second-order valence-corrected chi connectivity index (χ2v) is 8.61. The number of nitrogens with one attached hydrogen (secondary N) is 2. The molecule has 0 aromatic heterocycles. The van der Waals surface area contributed by atoms with E-state index in [0.717, 1.165) is 30.2 Å². The van der Waals surface area contributed by atoms with Gasteiger partial charge < -0.3 is 10.6 Å². The van der Waals surface area contributed by atoms with Crippen LogP contribution in [0.2, 0.25) is 5.02 Å². The van der Waals surface area contributed by atoms with Gasteiger partial charge in [-0.15, -0.1) is 0 Å². The van der Waals surface area contributed by atoms with Crippen LogP contribution in [0.5, 0.6) is 0 Å². The number of hydrogen-bond acceptors (Lipinski definition) is 1. The smallest absolute Gasteiger partial charge is 0.319 e. The fourth-order valence-electron chi connectivity index (χ4n) is 6.06. The van der Waals surface area contributed by atoms with Crippen molar-refractivity contribution in [3.05, 3.63) is 29.3 Å². The number of carbonyl (C=O) groups excluding carboxylic acids is 1. The van der Waals surface area contributed by atoms with Gasteiger partial charge >= 0.3 is 6.03 Å². The van der Waals surface area contributed by atoms with Crippen molar-refractivity contribution in [3.63, 3.8) is 0 Å². The first-order valence-electron chi connectivity index (χ1n) is 10.0. The highest BCUT2D eigenvalue weighted by molar-refractivity contribution is 6.33. The van der Waals surface area contributed by atoms with Crippen molar-refractivity contribution in [2.45, 2.75) is 51.4 Å². The molecule has 4 atom stereocenters. The molecule has 2 amide bonds. The van der Waals surface area contributed by atoms with Crippen molar-refractivity contribution >= 4 is 23.3 Å². The number of rotatable bonds is 3. The number of benzene rings is 1. The van der Waals surface area contributed by atoms with Gasteiger partial charge in [0.2, 0.25) is 0 Å². The largest absolute Gasteiger partial charge is 0.338 e. The summed E-state index contributed by atoms with van der Waals surface area (Å²) in [6, 6.07) is 7.27. The molecule has 25 heavy (non-hydrogen) atoms. The number of anilines is 1. The molecular weight excluding hydrogens is 332 g/mol. The summed E-state index contributed by atoms with van der Waals surface area (Å²) in [5, 5.41) is 6.64. The van der Waals surface area contributed by atoms with Crippen molar-refractivity contribution in [3.8, 4) is 0 Å². The maximum absolute atomic E-state index is 12.4. The standard InChI is InChI=1S/C21H29ClN2O/c22-19-11-5-6-12-20(19)24-21(25)23-13-18-16-9-3-1-7-14(16)15-8-2-4-10-17(15)18/h5-6,11-12,14-18H,1-4,7-10,13H2,(H2,23,24,25). The van der Waals surface area contributed by atoms with Gasteiger partial charge in [-0.25, -0.2) is 4.79 Å². The van der Waals surface area contributed by atoms with E-state index in [2.05, 4.69) is 10.6 Å². The van der Waals surface area contributed by atoms with Crippen LogP contribution in [0.25, 0.3) is 0 Å². The number of fused-ring (bicyclic) bond motifs is 3. The van der Waals surface area contributed by atoms with Crippen molar-refractivity contribution < 1.29 is 4.79 Å². The van der Waals surface area contributed by atoms with E-state index < -0.39 is 0 Å². The Morgan fingerprint density at radius 1 is 0.920 bits per heavy atom. The molecule has 0 saturated heterocycles. The fourth-order valence-corrected chi connectivity index (χ4v) is 6.25. The van der Waals surface area contributed by atoms with Gasteiger partial charge in [-0.1, -0.05) is 49.4 Å². The molecule has 3 saturated carbocycles. The van der Waals surface area contributed by atoms with Crippen LogP contribution in [0.1, 0.15) is 51.4 Å². The molecule has 1 aromatic rings. The van der Waals surface area contributed by atoms with Crippen LogP contribution >= 0.6 is 11.6 Å². The summed E-state index contributed by atoms with van der Waals surface area (Å²) < 4.78 is 0. The predicted molar refractivity (Wildman–Crippen MR) is 103 cm³/mol. The van der Waals surface area contributed by atoms with Crippen LogP contribution in [-0.2, 0) is 0 Å². The Hall–Kier alpha value is -1.22. The van der Waals surface area contributed by atoms with Crippen molar-refractivity contribution in [2.24, 2.45) is 29.6 Å². The molecule has 0 spiro atoms. The molecule has 1 aromatic carbocycles. The molecule has 0 heterocycles. The summed E-state index contributed by atoms with van der Waals surface area (Å²) in [4.78, 5) is 12.4. The van der Waals surface area contributed by atoms with Gasteiger partial charge in [0.25, 0.3) is 0 Å². The molecule has 3 nitrogen and oxygen atoms in total. The lowest BCUT2D eigenvalue weighted by Crippen LogP contribution is -2.37. The molecular formula is C21H29ClN2O. The maximum Gasteiger partial charge on any atom is 0.319 e. The molecule has 3 aliphatic rings. The second kappa shape index (κ2) is 7.57. The Morgan fingerprint density at radius 3 is 2.08 bits per heavy atom. The molecule has 3 aliphatic carbocycles. The van der Waals surface area contributed by atoms with Crippen LogP contribution in [-0.4, -0.2) is 12.6 Å². The molecule has 4 rings (SSSR count). The van der Waals surface area contributed by atoms with E-state index in [-0.39, 0.29) is 6.03 Å². The zero-order chi connectivity index (χ0) is 17.2. The number of halogens is 1. The van der Waals surface area contributed by atoms with Crippen molar-refractivity contribution in [1.29, 1.82) is 0 Å². The molecule has 136 valence electrons. The SMILES string of the molecule is O=C(NCC1C2CCCCC2C2CCCCC21)Nc1ccccc1Cl. The Bertz CT molecular complexity index is 598. The summed E-state index contributed by atoms with van der Waals surface area (Å²) >= 11 is 6.14. The average Bonchev–Trinajstić information content (AvgIpc) is 2.96. The summed E-state index contributed by atoms with van der Waals surface area (Å²) in [6.07, 6.45) is 11.2. The summed E-state index contributed by atoms with van der Waals surface area (Å²) in [6.45, 7) is 0.818. The van der Waals surface area contributed by atoms with E-state index >= 15 is 0 Å². The van der Waals surface area contributed by atoms with E-state index in [9.17, 15) is 4.79 Å². The van der Waals surface area contributed by atoms with E-state index in [1.165, 1.54) is 51.4 Å². The first-order valence-corrected chi connectivity index (χ1v) is 10.4. The topological polar surface area (TPSA) is 41.1 Å². The van der Waals surface area contributed by atoms with Crippen LogP contribution < -0.4 is 10.6 Å². The highest BCUT2D eigenvalue weighted by Crippen LogP contribution is 2.57. The lowest BCUT2D eigenvalue weighted by atomic mass is 9.73. The Balaban J connectivity index is 1.39. The molecule has 0 bridgehead atoms. The monoisotopic (exact) mass is 360 g/mol. The molecule has 0 radical (unpaired) electrons. The minimum Gasteiger partial charge on any atom is -0.338 e. The van der Waals surface area contributed by atoms with Crippen LogP contribution in [0.4, 0.5) is 10.5 Å². The Morgan fingerprint density at radius 2 is 1.48 bits per heavy atom. The molecule has 4 unspecified atom stereocenters. The lowest BCUT2D eigenvalue weighted by molar-refractivity contribution is 0.184. The minimum absolute atomic E-state index is 0.125. The summed E-state index contributed by atoms with van der Waals surface area (Å²) in [7, 11) is 0. The molecule has 3 fully saturated rings. The minimum atomic E-state index is -0.125. The summed E-state index contributed by atoms with van der Waals surface area (Å²) in [5.41, 5.74) is 0.680. The van der Waals surface area contributed by atoms with E-state index in [1.54, 1.807) is 6.07 Å². The summed E-state index contributed by atoms with van der Waals surface area (Å²) in [5.74, 6) is 4.20. The Labute approximate surface area is 155 Å². The van der Waals surface area contributed by atoms with Gasteiger partial charge in [-0.3, -0.25) is 0 Å². The average molecular weight is 361 g/mol. The first-order chi connectivity index (χ1) is 12.2. The number of carbonyl (C=O) groups is 1. The number of urea groups is 1. The number of para-hydroxylation sites is 1. The number of hydrogen-bond donors (Lipinski definition) is 2. The molecule has 2 N–H and O–H groups in total. The molecule has 0 aliphatic heterocycles. The zero-order valence-corrected chi connectivity index (χ0v) is 15.6. The first kappa shape index (κ1) is 17.2. The maximum atomic E-state index is 12.4. The quantitative estimate of drug-likeness (QED) is 0.712. The van der Waals surface area contributed by atoms with Crippen molar-refractivity contribution in [2.75, 3.05) is 11.9 Å². The van der Waals surface area contributed by atoms with Gasteiger partial charge in [0, 0.05) is 6.54 Å². The Kier molecular flexibility index (Phi) is 5.21. The van der Waals surface area contributed by atoms with Crippen molar-refractivity contribution in [1.82, 2.24) is 5.32 Å². The van der Waals surface area contributed by atoms with E-state index in [1.807, 2.05) is 18.2 Å². The highest BCUT2D eigenvalue weighted by atomic mass is 35.5. The number of amides is 2. The fraction of sp³-hybridized carbons (Fsp3) is 0.667.